The molecule has 0 aliphatic heterocycles. The summed E-state index contributed by atoms with van der Waals surface area (Å²) >= 11 is 0. The first-order valence-electron chi connectivity index (χ1n) is 5.73. The second-order valence-electron chi connectivity index (χ2n) is 4.24. The summed E-state index contributed by atoms with van der Waals surface area (Å²) in [5.41, 5.74) is 6.63. The molecule has 1 fully saturated rings. The first kappa shape index (κ1) is 10.7. The van der Waals surface area contributed by atoms with Crippen molar-refractivity contribution in [2.24, 2.45) is 11.7 Å². The van der Waals surface area contributed by atoms with E-state index in [0.717, 1.165) is 23.8 Å². The number of hydrogen-bond donors (Lipinski definition) is 1. The van der Waals surface area contributed by atoms with Crippen LogP contribution in [-0.4, -0.2) is 6.61 Å². The highest BCUT2D eigenvalue weighted by atomic mass is 16.5. The van der Waals surface area contributed by atoms with Gasteiger partial charge in [0.15, 0.2) is 0 Å². The molecule has 2 rings (SSSR count). The Morgan fingerprint density at radius 1 is 1.40 bits per heavy atom. The van der Waals surface area contributed by atoms with Crippen LogP contribution in [0.5, 0.6) is 0 Å². The lowest BCUT2D eigenvalue weighted by Crippen LogP contribution is -2.06. The molecule has 2 N–H and O–H groups in total. The fourth-order valence-corrected chi connectivity index (χ4v) is 2.17. The van der Waals surface area contributed by atoms with E-state index < -0.39 is 0 Å². The highest BCUT2D eigenvalue weighted by molar-refractivity contribution is 5.15. The molecule has 1 aromatic heterocycles. The van der Waals surface area contributed by atoms with Gasteiger partial charge in [0.25, 0.3) is 0 Å². The van der Waals surface area contributed by atoms with Crippen LogP contribution >= 0.6 is 0 Å². The van der Waals surface area contributed by atoms with Gasteiger partial charge < -0.3 is 14.9 Å². The summed E-state index contributed by atoms with van der Waals surface area (Å²) in [4.78, 5) is 0. The summed E-state index contributed by atoms with van der Waals surface area (Å²) in [6.45, 7) is 1.96. The molecule has 1 aliphatic carbocycles. The van der Waals surface area contributed by atoms with E-state index in [4.69, 9.17) is 14.9 Å². The van der Waals surface area contributed by atoms with Crippen LogP contribution in [0.15, 0.2) is 16.7 Å². The highest BCUT2D eigenvalue weighted by Gasteiger charge is 2.15. The van der Waals surface area contributed by atoms with Crippen molar-refractivity contribution in [3.05, 3.63) is 23.7 Å². The minimum Gasteiger partial charge on any atom is -0.467 e. The lowest BCUT2D eigenvalue weighted by Gasteiger charge is -2.09. The van der Waals surface area contributed by atoms with Crippen molar-refractivity contribution >= 4 is 0 Å². The molecule has 0 amide bonds. The van der Waals surface area contributed by atoms with E-state index in [9.17, 15) is 0 Å². The average Bonchev–Trinajstić information content (AvgIpc) is 2.88. The molecule has 3 nitrogen and oxygen atoms in total. The predicted molar refractivity (Wildman–Crippen MR) is 58.2 cm³/mol. The van der Waals surface area contributed by atoms with Crippen molar-refractivity contribution in [2.45, 2.75) is 38.8 Å². The van der Waals surface area contributed by atoms with Crippen LogP contribution in [0.1, 0.15) is 37.0 Å². The normalized spacial score (nSPS) is 17.4. The van der Waals surface area contributed by atoms with Crippen LogP contribution in [0.25, 0.3) is 0 Å². The third kappa shape index (κ3) is 2.83. The van der Waals surface area contributed by atoms with Gasteiger partial charge in [-0.05, 0) is 24.8 Å². The zero-order chi connectivity index (χ0) is 10.5. The largest absolute Gasteiger partial charge is 0.467 e. The Morgan fingerprint density at radius 3 is 2.93 bits per heavy atom. The second kappa shape index (κ2) is 5.33. The fraction of sp³-hybridized carbons (Fsp3) is 0.667. The summed E-state index contributed by atoms with van der Waals surface area (Å²) in [6, 6.07) is 1.91. The van der Waals surface area contributed by atoms with Crippen molar-refractivity contribution in [1.29, 1.82) is 0 Å². The molecule has 0 saturated heterocycles. The smallest absolute Gasteiger partial charge is 0.133 e. The maximum Gasteiger partial charge on any atom is 0.133 e. The number of ether oxygens (including phenoxy) is 1. The average molecular weight is 209 g/mol. The van der Waals surface area contributed by atoms with Crippen molar-refractivity contribution in [2.75, 3.05) is 6.61 Å². The molecular formula is C12H19NO2. The number of furan rings is 1. The standard InChI is InChI=1S/C12H19NO2/c13-7-11-5-6-15-12(11)9-14-8-10-3-1-2-4-10/h5-6,10H,1-4,7-9,13H2. The summed E-state index contributed by atoms with van der Waals surface area (Å²) < 4.78 is 11.0. The Morgan fingerprint density at radius 2 is 2.20 bits per heavy atom. The minimum atomic E-state index is 0.526. The molecule has 1 heterocycles. The molecule has 3 heteroatoms. The van der Waals surface area contributed by atoms with E-state index in [1.54, 1.807) is 6.26 Å². The Bertz CT molecular complexity index is 290. The molecule has 0 radical (unpaired) electrons. The van der Waals surface area contributed by atoms with Gasteiger partial charge in [0.1, 0.15) is 12.4 Å². The number of rotatable bonds is 5. The second-order valence-corrected chi connectivity index (χ2v) is 4.24. The maximum absolute atomic E-state index is 5.66. The number of nitrogens with two attached hydrogens (primary N) is 1. The van der Waals surface area contributed by atoms with Crippen LogP contribution < -0.4 is 5.73 Å². The highest BCUT2D eigenvalue weighted by Crippen LogP contribution is 2.25. The Hall–Kier alpha value is -0.800. The lowest BCUT2D eigenvalue weighted by atomic mass is 10.1. The zero-order valence-electron chi connectivity index (χ0n) is 9.08. The van der Waals surface area contributed by atoms with Crippen LogP contribution in [0.2, 0.25) is 0 Å². The van der Waals surface area contributed by atoms with Gasteiger partial charge in [-0.1, -0.05) is 12.8 Å². The topological polar surface area (TPSA) is 48.4 Å². The third-order valence-corrected chi connectivity index (χ3v) is 3.12. The Kier molecular flexibility index (Phi) is 3.80. The molecule has 15 heavy (non-hydrogen) atoms. The summed E-state index contributed by atoms with van der Waals surface area (Å²) in [5.74, 6) is 1.65. The molecule has 0 bridgehead atoms. The van der Waals surface area contributed by atoms with Gasteiger partial charge in [0, 0.05) is 18.7 Å². The van der Waals surface area contributed by atoms with Crippen molar-refractivity contribution in [3.8, 4) is 0 Å². The maximum atomic E-state index is 5.66. The Labute approximate surface area is 90.6 Å². The molecular weight excluding hydrogens is 190 g/mol. The summed E-state index contributed by atoms with van der Waals surface area (Å²) in [5, 5.41) is 0. The molecule has 84 valence electrons. The Balaban J connectivity index is 1.73. The monoisotopic (exact) mass is 209 g/mol. The number of hydrogen-bond acceptors (Lipinski definition) is 3. The van der Waals surface area contributed by atoms with Crippen LogP contribution in [-0.2, 0) is 17.9 Å². The van der Waals surface area contributed by atoms with Gasteiger partial charge >= 0.3 is 0 Å². The van der Waals surface area contributed by atoms with Gasteiger partial charge in [0.05, 0.1) is 6.26 Å². The van der Waals surface area contributed by atoms with Crippen LogP contribution in [0.3, 0.4) is 0 Å². The van der Waals surface area contributed by atoms with Gasteiger partial charge in [0.2, 0.25) is 0 Å². The minimum absolute atomic E-state index is 0.526. The van der Waals surface area contributed by atoms with Gasteiger partial charge in [-0.2, -0.15) is 0 Å². The predicted octanol–water partition coefficient (Wildman–Crippen LogP) is 2.45. The quantitative estimate of drug-likeness (QED) is 0.810. The SMILES string of the molecule is NCc1ccoc1COCC1CCCC1. The van der Waals surface area contributed by atoms with E-state index in [1.807, 2.05) is 6.07 Å². The van der Waals surface area contributed by atoms with E-state index in [1.165, 1.54) is 25.7 Å². The molecule has 0 unspecified atom stereocenters. The first-order chi connectivity index (χ1) is 7.40. The third-order valence-electron chi connectivity index (χ3n) is 3.12. The van der Waals surface area contributed by atoms with Crippen molar-refractivity contribution < 1.29 is 9.15 Å². The van der Waals surface area contributed by atoms with Gasteiger partial charge in [-0.3, -0.25) is 0 Å². The molecule has 1 aromatic rings. The van der Waals surface area contributed by atoms with E-state index >= 15 is 0 Å². The van der Waals surface area contributed by atoms with Gasteiger partial charge in [-0.25, -0.2) is 0 Å². The molecule has 0 atom stereocenters. The fourth-order valence-electron chi connectivity index (χ4n) is 2.17. The van der Waals surface area contributed by atoms with E-state index in [-0.39, 0.29) is 0 Å². The lowest BCUT2D eigenvalue weighted by molar-refractivity contribution is 0.0765. The van der Waals surface area contributed by atoms with Crippen LogP contribution in [0, 0.1) is 5.92 Å². The molecule has 1 aliphatic rings. The molecule has 1 saturated carbocycles. The molecule has 0 aromatic carbocycles. The summed E-state index contributed by atoms with van der Waals surface area (Å²) in [6.07, 6.45) is 7.05. The summed E-state index contributed by atoms with van der Waals surface area (Å²) in [7, 11) is 0. The molecule has 0 spiro atoms. The van der Waals surface area contributed by atoms with E-state index in [2.05, 4.69) is 0 Å². The van der Waals surface area contributed by atoms with Crippen LogP contribution in [0.4, 0.5) is 0 Å². The van der Waals surface area contributed by atoms with Crippen molar-refractivity contribution in [3.63, 3.8) is 0 Å². The zero-order valence-corrected chi connectivity index (χ0v) is 9.08. The first-order valence-corrected chi connectivity index (χ1v) is 5.73. The van der Waals surface area contributed by atoms with Gasteiger partial charge in [-0.15, -0.1) is 0 Å². The van der Waals surface area contributed by atoms with E-state index in [0.29, 0.717) is 13.2 Å². The van der Waals surface area contributed by atoms with Crippen molar-refractivity contribution in [1.82, 2.24) is 0 Å².